The van der Waals surface area contributed by atoms with Crippen LogP contribution < -0.4 is 10.1 Å². The van der Waals surface area contributed by atoms with Gasteiger partial charge in [-0.25, -0.2) is 0 Å². The third-order valence-corrected chi connectivity index (χ3v) is 4.21. The van der Waals surface area contributed by atoms with Gasteiger partial charge in [-0.1, -0.05) is 15.9 Å². The number of ketones is 1. The first-order valence-electron chi connectivity index (χ1n) is 7.47. The largest absolute Gasteiger partial charge is 0.496 e. The number of ether oxygens (including phenoxy) is 1. The summed E-state index contributed by atoms with van der Waals surface area (Å²) < 4.78 is 6.04. The van der Waals surface area contributed by atoms with E-state index in [1.807, 2.05) is 11.0 Å². The average molecular weight is 406 g/mol. The van der Waals surface area contributed by atoms with Crippen molar-refractivity contribution in [3.05, 3.63) is 28.2 Å². The van der Waals surface area contributed by atoms with Gasteiger partial charge >= 0.3 is 0 Å². The third kappa shape index (κ3) is 5.79. The van der Waals surface area contributed by atoms with Gasteiger partial charge in [0.2, 0.25) is 5.91 Å². The Hall–Kier alpha value is -1.11. The Labute approximate surface area is 151 Å². The van der Waals surface area contributed by atoms with Crippen molar-refractivity contribution < 1.29 is 14.3 Å². The summed E-state index contributed by atoms with van der Waals surface area (Å²) in [6.45, 7) is 3.24. The minimum absolute atomic E-state index is 0. The summed E-state index contributed by atoms with van der Waals surface area (Å²) in [4.78, 5) is 26.4. The number of carbonyl (C=O) groups excluding carboxylic acids is 2. The smallest absolute Gasteiger partial charge is 0.223 e. The Morgan fingerprint density at radius 2 is 2.04 bits per heavy atom. The highest BCUT2D eigenvalue weighted by Crippen LogP contribution is 2.24. The number of methoxy groups -OCH3 is 1. The van der Waals surface area contributed by atoms with E-state index in [0.717, 1.165) is 30.5 Å². The zero-order valence-electron chi connectivity index (χ0n) is 13.1. The molecule has 0 bridgehead atoms. The fraction of sp³-hybridized carbons (Fsp3) is 0.500. The summed E-state index contributed by atoms with van der Waals surface area (Å²) in [6.07, 6.45) is 1.41. The molecule has 0 aromatic heterocycles. The van der Waals surface area contributed by atoms with Crippen LogP contribution in [-0.2, 0) is 4.79 Å². The van der Waals surface area contributed by atoms with Gasteiger partial charge in [0.15, 0.2) is 5.78 Å². The van der Waals surface area contributed by atoms with Gasteiger partial charge in [-0.2, -0.15) is 0 Å². The molecule has 1 aliphatic rings. The van der Waals surface area contributed by atoms with Gasteiger partial charge in [0.1, 0.15) is 5.75 Å². The van der Waals surface area contributed by atoms with Crippen LogP contribution in [-0.4, -0.2) is 49.9 Å². The van der Waals surface area contributed by atoms with Crippen molar-refractivity contribution in [2.24, 2.45) is 0 Å². The van der Waals surface area contributed by atoms with Gasteiger partial charge in [-0.15, -0.1) is 12.4 Å². The molecule has 0 atom stereocenters. The second-order valence-electron chi connectivity index (χ2n) is 5.25. The molecule has 23 heavy (non-hydrogen) atoms. The van der Waals surface area contributed by atoms with Gasteiger partial charge in [-0.05, 0) is 31.2 Å². The molecule has 0 saturated carbocycles. The first-order valence-corrected chi connectivity index (χ1v) is 8.26. The molecule has 1 aromatic carbocycles. The lowest BCUT2D eigenvalue weighted by Crippen LogP contribution is -2.34. The van der Waals surface area contributed by atoms with Crippen LogP contribution in [0, 0.1) is 0 Å². The molecule has 1 heterocycles. The van der Waals surface area contributed by atoms with Crippen LogP contribution in [0.15, 0.2) is 22.7 Å². The van der Waals surface area contributed by atoms with Crippen molar-refractivity contribution >= 4 is 40.0 Å². The first-order chi connectivity index (χ1) is 10.6. The molecule has 0 aliphatic carbocycles. The molecule has 0 radical (unpaired) electrons. The topological polar surface area (TPSA) is 58.6 Å². The monoisotopic (exact) mass is 404 g/mol. The number of nitrogens with one attached hydrogen (secondary N) is 1. The highest BCUT2D eigenvalue weighted by Gasteiger charge is 2.18. The standard InChI is InChI=1S/C16H21BrN2O3.ClH/c1-22-15-5-3-12(17)11-13(15)14(20)4-6-16(21)19-9-2-7-18-8-10-19;/h3,5,11,18H,2,4,6-10H2,1H3;1H. The lowest BCUT2D eigenvalue weighted by Gasteiger charge is -2.19. The van der Waals surface area contributed by atoms with E-state index in [0.29, 0.717) is 17.9 Å². The zero-order valence-corrected chi connectivity index (χ0v) is 15.5. The van der Waals surface area contributed by atoms with Crippen molar-refractivity contribution in [2.75, 3.05) is 33.3 Å². The Kier molecular flexibility index (Phi) is 8.58. The summed E-state index contributed by atoms with van der Waals surface area (Å²) in [5.41, 5.74) is 0.516. The van der Waals surface area contributed by atoms with E-state index in [2.05, 4.69) is 21.2 Å². The van der Waals surface area contributed by atoms with E-state index in [4.69, 9.17) is 4.74 Å². The average Bonchev–Trinajstić information content (AvgIpc) is 2.81. The van der Waals surface area contributed by atoms with Gasteiger partial charge < -0.3 is 15.0 Å². The van der Waals surface area contributed by atoms with E-state index in [-0.39, 0.29) is 36.9 Å². The van der Waals surface area contributed by atoms with Crippen LogP contribution >= 0.6 is 28.3 Å². The van der Waals surface area contributed by atoms with Crippen molar-refractivity contribution in [2.45, 2.75) is 19.3 Å². The molecule has 1 N–H and O–H groups in total. The SMILES string of the molecule is COc1ccc(Br)cc1C(=O)CCC(=O)N1CCCNCC1.Cl. The van der Waals surface area contributed by atoms with E-state index in [1.54, 1.807) is 12.1 Å². The first kappa shape index (κ1) is 19.9. The predicted molar refractivity (Wildman–Crippen MR) is 95.6 cm³/mol. The summed E-state index contributed by atoms with van der Waals surface area (Å²) >= 11 is 3.36. The third-order valence-electron chi connectivity index (χ3n) is 3.72. The summed E-state index contributed by atoms with van der Waals surface area (Å²) in [5.74, 6) is 0.519. The molecule has 0 unspecified atom stereocenters. The Morgan fingerprint density at radius 3 is 2.78 bits per heavy atom. The number of Topliss-reactive ketones (excluding diaryl/α,β-unsaturated/α-hetero) is 1. The van der Waals surface area contributed by atoms with Gasteiger partial charge in [0, 0.05) is 36.9 Å². The second kappa shape index (κ2) is 9.90. The number of benzene rings is 1. The normalized spacial score (nSPS) is 14.6. The van der Waals surface area contributed by atoms with Crippen molar-refractivity contribution in [3.8, 4) is 5.75 Å². The molecule has 1 fully saturated rings. The maximum absolute atomic E-state index is 12.3. The second-order valence-corrected chi connectivity index (χ2v) is 6.17. The van der Waals surface area contributed by atoms with Gasteiger partial charge in [-0.3, -0.25) is 9.59 Å². The molecule has 1 aromatic rings. The van der Waals surface area contributed by atoms with Crippen LogP contribution in [0.1, 0.15) is 29.6 Å². The van der Waals surface area contributed by atoms with E-state index in [1.165, 1.54) is 7.11 Å². The maximum atomic E-state index is 12.3. The number of halogens is 2. The highest BCUT2D eigenvalue weighted by atomic mass is 79.9. The minimum atomic E-state index is -0.0700. The van der Waals surface area contributed by atoms with Crippen molar-refractivity contribution in [3.63, 3.8) is 0 Å². The highest BCUT2D eigenvalue weighted by molar-refractivity contribution is 9.10. The van der Waals surface area contributed by atoms with Crippen LogP contribution in [0.5, 0.6) is 5.75 Å². The van der Waals surface area contributed by atoms with Crippen LogP contribution in [0.4, 0.5) is 0 Å². The van der Waals surface area contributed by atoms with Crippen LogP contribution in [0.3, 0.4) is 0 Å². The molecule has 0 spiro atoms. The summed E-state index contributed by atoms with van der Waals surface area (Å²) in [6, 6.07) is 5.31. The number of hydrogen-bond donors (Lipinski definition) is 1. The summed E-state index contributed by atoms with van der Waals surface area (Å²) in [5, 5.41) is 3.26. The molecule has 5 nitrogen and oxygen atoms in total. The fourth-order valence-corrected chi connectivity index (χ4v) is 2.87. The molecule has 1 aliphatic heterocycles. The lowest BCUT2D eigenvalue weighted by molar-refractivity contribution is -0.130. The zero-order chi connectivity index (χ0) is 15.9. The number of amides is 1. The van der Waals surface area contributed by atoms with Crippen molar-refractivity contribution in [1.29, 1.82) is 0 Å². The predicted octanol–water partition coefficient (Wildman–Crippen LogP) is 2.66. The van der Waals surface area contributed by atoms with E-state index >= 15 is 0 Å². The number of nitrogens with zero attached hydrogens (tertiary/aromatic N) is 1. The van der Waals surface area contributed by atoms with Gasteiger partial charge in [0.25, 0.3) is 0 Å². The van der Waals surface area contributed by atoms with Gasteiger partial charge in [0.05, 0.1) is 12.7 Å². The molecule has 2 rings (SSSR count). The quantitative estimate of drug-likeness (QED) is 0.765. The molecule has 7 heteroatoms. The van der Waals surface area contributed by atoms with Crippen LogP contribution in [0.2, 0.25) is 0 Å². The minimum Gasteiger partial charge on any atom is -0.496 e. The fourth-order valence-electron chi connectivity index (χ4n) is 2.51. The molecule has 128 valence electrons. The summed E-state index contributed by atoms with van der Waals surface area (Å²) in [7, 11) is 1.54. The Balaban J connectivity index is 0.00000264. The number of hydrogen-bond acceptors (Lipinski definition) is 4. The van der Waals surface area contributed by atoms with Crippen molar-refractivity contribution in [1.82, 2.24) is 10.2 Å². The molecule has 1 amide bonds. The Bertz CT molecular complexity index is 546. The lowest BCUT2D eigenvalue weighted by atomic mass is 10.1. The number of carbonyl (C=O) groups is 2. The molecular formula is C16H22BrClN2O3. The van der Waals surface area contributed by atoms with E-state index < -0.39 is 0 Å². The van der Waals surface area contributed by atoms with E-state index in [9.17, 15) is 9.59 Å². The van der Waals surface area contributed by atoms with Crippen LogP contribution in [0.25, 0.3) is 0 Å². The Morgan fingerprint density at radius 1 is 1.26 bits per heavy atom. The maximum Gasteiger partial charge on any atom is 0.223 e. The molecular weight excluding hydrogens is 384 g/mol. The molecule has 1 saturated heterocycles. The number of rotatable bonds is 5.